The zero-order valence-electron chi connectivity index (χ0n) is 48.3. The lowest BCUT2D eigenvalue weighted by atomic mass is 9.33. The van der Waals surface area contributed by atoms with Crippen LogP contribution in [0.25, 0.3) is 9.69 Å². The quantitative estimate of drug-likeness (QED) is 0.202. The van der Waals surface area contributed by atoms with Crippen LogP contribution in [0.15, 0.2) is 35.1 Å². The number of aliphatic carboxylic acids is 2. The van der Waals surface area contributed by atoms with Gasteiger partial charge in [-0.05, 0) is 158 Å². The summed E-state index contributed by atoms with van der Waals surface area (Å²) in [6.45, 7) is 45.6. The van der Waals surface area contributed by atoms with E-state index in [0.717, 1.165) is 62.5 Å². The van der Waals surface area contributed by atoms with E-state index in [1.54, 1.807) is 0 Å². The van der Waals surface area contributed by atoms with Gasteiger partial charge in [-0.1, -0.05) is 122 Å². The van der Waals surface area contributed by atoms with Gasteiger partial charge in [0.05, 0.1) is 17.4 Å². The second-order valence-corrected chi connectivity index (χ2v) is 30.0. The Morgan fingerprint density at radius 3 is 1.50 bits per heavy atom. The van der Waals surface area contributed by atoms with Crippen molar-refractivity contribution < 1.29 is 45.1 Å². The SMILES string of the molecule is [3H]C.[C-]#[N+]C1=C[C@]2(C)C3=CC(=O)[C@@H]4[C@@H]5CC(C)(C)CC[C@]5(C(=O)O)CC[C@@]4(C)[C@]3(C)CC[C@H]2C(C)(C)C1=O.[C-]#[N+][C@@]12O[C@@H]1[C@]1(C)C3=CC(=O)[C@@H]4[C@@H]5CC(C)(C)CC[C@]5(C(=O)O)CC[C@@]4(C)[C@]3(C)CC[C@H]1C(C)(C)C2=O. The van der Waals surface area contributed by atoms with Crippen molar-refractivity contribution in [1.82, 2.24) is 0 Å². The maximum atomic E-state index is 14.3. The molecule has 0 unspecified atom stereocenters. The maximum absolute atomic E-state index is 14.3. The van der Waals surface area contributed by atoms with E-state index in [1.165, 1.54) is 7.40 Å². The summed E-state index contributed by atoms with van der Waals surface area (Å²) in [5.41, 5.74) is -4.72. The average Bonchev–Trinajstić information content (AvgIpc) is 4.09. The van der Waals surface area contributed by atoms with Crippen LogP contribution in [0.5, 0.6) is 0 Å². The molecule has 74 heavy (non-hydrogen) atoms. The fourth-order valence-corrected chi connectivity index (χ4v) is 20.8. The number of Topliss-reactive ketones (excluding diaryl/α,β-unsaturated/α-hetero) is 2. The fraction of sp³-hybridized carbons (Fsp3) is 0.778. The van der Waals surface area contributed by atoms with Gasteiger partial charge < -0.3 is 15.0 Å². The van der Waals surface area contributed by atoms with Crippen LogP contribution in [0.3, 0.4) is 0 Å². The minimum atomic E-state index is -1.44. The number of rotatable bonds is 2. The van der Waals surface area contributed by atoms with Gasteiger partial charge in [0.2, 0.25) is 5.70 Å². The Balaban J connectivity index is 0.000000178. The van der Waals surface area contributed by atoms with E-state index in [-0.39, 0.29) is 96.8 Å². The summed E-state index contributed by atoms with van der Waals surface area (Å²) < 4.78 is 11.8. The van der Waals surface area contributed by atoms with Crippen molar-refractivity contribution >= 4 is 35.1 Å². The normalized spacial score (nSPS) is 49.2. The third kappa shape index (κ3) is 6.32. The van der Waals surface area contributed by atoms with E-state index in [4.69, 9.17) is 19.3 Å². The van der Waals surface area contributed by atoms with Crippen LogP contribution in [-0.2, 0) is 33.5 Å². The van der Waals surface area contributed by atoms with Gasteiger partial charge >= 0.3 is 17.7 Å². The number of nitrogens with zero attached hydrogens (tertiary/aromatic N) is 2. The first-order chi connectivity index (χ1) is 34.5. The van der Waals surface area contributed by atoms with Crippen LogP contribution in [0.4, 0.5) is 0 Å². The molecule has 8 fully saturated rings. The van der Waals surface area contributed by atoms with Gasteiger partial charge in [0.15, 0.2) is 23.5 Å². The number of carbonyl (C=O) groups is 6. The molecule has 1 aliphatic heterocycles. The molecule has 11 aliphatic rings. The van der Waals surface area contributed by atoms with Gasteiger partial charge in [-0.25, -0.2) is 11.4 Å². The third-order valence-electron chi connectivity index (χ3n) is 25.4. The number of ether oxygens (including phenoxy) is 1. The van der Waals surface area contributed by atoms with Gasteiger partial charge in [0.25, 0.3) is 5.78 Å². The number of carboxylic acids is 2. The molecule has 1 heterocycles. The van der Waals surface area contributed by atoms with Crippen molar-refractivity contribution in [1.29, 1.82) is 0 Å². The highest BCUT2D eigenvalue weighted by Crippen LogP contribution is 2.79. The number of hydrogen-bond donors (Lipinski definition) is 2. The molecule has 2 N–H and O–H groups in total. The summed E-state index contributed by atoms with van der Waals surface area (Å²) in [6.07, 6.45) is 15.6. The lowest BCUT2D eigenvalue weighted by Crippen LogP contribution is -2.67. The Kier molecular flexibility index (Phi) is 11.3. The molecule has 0 amide bonds. The monoisotopic (exact) mass is 1020 g/mol. The molecule has 0 radical (unpaired) electrons. The second-order valence-electron chi connectivity index (χ2n) is 30.0. The zero-order chi connectivity index (χ0) is 55.9. The molecule has 11 rings (SSSR count). The minimum absolute atomic E-state index is 0.00151. The first-order valence-corrected chi connectivity index (χ1v) is 27.7. The van der Waals surface area contributed by atoms with Crippen LogP contribution in [0, 0.1) is 114 Å². The van der Waals surface area contributed by atoms with Crippen LogP contribution in [-0.4, -0.2) is 57.1 Å². The molecule has 0 aromatic carbocycles. The minimum Gasteiger partial charge on any atom is -0.481 e. The number of hydrogen-bond acceptors (Lipinski definition) is 7. The highest BCUT2D eigenvalue weighted by atomic mass is 16.6. The molecule has 0 spiro atoms. The number of fused-ring (bicyclic) bond motifs is 16. The molecule has 1 saturated heterocycles. The Bertz CT molecular complexity index is 2790. The number of allylic oxidation sites excluding steroid dienone is 5. The Morgan fingerprint density at radius 2 is 1.05 bits per heavy atom. The standard InChI is InChI=1S/C31H41NO5.C31H41NO4.CH4/c1-25(2)11-13-30(24(35)36)14-12-28(6)21(17(30)16-25)18(33)15-20-27(28,5)10-9-19-26(3,4)22(34)31(32-8)23(37-31)29(19,20)7;1-26(2)11-13-31(25(35)36)14-12-30(7)23(18(31)16-26)20(33)15-22-28(5)17-19(32-8)24(34)27(3,4)21(28)9-10-29(22,30)6;/h15,17,19,21,23H,9-14,16H2,1-7H3,(H,35,36);15,17-18,21,23H,9-14,16H2,1-7H3,(H,35,36);1H4/t17-,19-,21-,23+,27+,28+,29-,30-,31-;18-,21-,23-,28-,29+,30+,31-;/m00./s1/i;;1T. The second kappa shape index (κ2) is 15.7. The van der Waals surface area contributed by atoms with E-state index in [2.05, 4.69) is 78.9 Å². The summed E-state index contributed by atoms with van der Waals surface area (Å²) in [7, 11) is 1.25. The Labute approximate surface area is 443 Å². The van der Waals surface area contributed by atoms with Gasteiger partial charge in [-0.15, -0.1) is 0 Å². The largest absolute Gasteiger partial charge is 0.481 e. The highest BCUT2D eigenvalue weighted by Gasteiger charge is 2.87. The van der Waals surface area contributed by atoms with Gasteiger partial charge in [0.1, 0.15) is 0 Å². The summed E-state index contributed by atoms with van der Waals surface area (Å²) in [5, 5.41) is 21.0. The van der Waals surface area contributed by atoms with E-state index in [0.29, 0.717) is 38.5 Å². The van der Waals surface area contributed by atoms with Crippen molar-refractivity contribution in [3.8, 4) is 0 Å². The summed E-state index contributed by atoms with van der Waals surface area (Å²) in [6, 6.07) is 0. The third-order valence-corrected chi connectivity index (χ3v) is 25.4. The molecular weight excluding hydrogens is 929 g/mol. The van der Waals surface area contributed by atoms with E-state index < -0.39 is 56.3 Å². The summed E-state index contributed by atoms with van der Waals surface area (Å²) in [5.74, 6) is -2.59. The maximum Gasteiger partial charge on any atom is 0.424 e. The van der Waals surface area contributed by atoms with Crippen molar-refractivity contribution in [2.24, 2.45) is 100 Å². The first kappa shape index (κ1) is 53.2. The summed E-state index contributed by atoms with van der Waals surface area (Å²) in [4.78, 5) is 88.2. The summed E-state index contributed by atoms with van der Waals surface area (Å²) >= 11 is 0. The van der Waals surface area contributed by atoms with Crippen molar-refractivity contribution in [2.75, 3.05) is 0 Å². The molecular formula is C63H86N2O9. The van der Waals surface area contributed by atoms with Crippen LogP contribution >= 0.6 is 0 Å². The van der Waals surface area contributed by atoms with Gasteiger partial charge in [-0.3, -0.25) is 33.6 Å². The lowest BCUT2D eigenvalue weighted by Gasteiger charge is -2.68. The number of carbonyl (C=O) groups excluding carboxylic acids is 4. The van der Waals surface area contributed by atoms with Gasteiger partial charge in [-0.2, -0.15) is 0 Å². The van der Waals surface area contributed by atoms with Crippen LogP contribution in [0.1, 0.15) is 196 Å². The average molecular weight is 1020 g/mol. The predicted molar refractivity (Wildman–Crippen MR) is 281 cm³/mol. The fourth-order valence-electron chi connectivity index (χ4n) is 20.8. The Hall–Kier alpha value is -4.22. The van der Waals surface area contributed by atoms with Crippen molar-refractivity contribution in [3.63, 3.8) is 0 Å². The van der Waals surface area contributed by atoms with Crippen LogP contribution in [0.2, 0.25) is 0 Å². The molecule has 0 aromatic heterocycles. The molecule has 0 aromatic rings. The van der Waals surface area contributed by atoms with E-state index in [9.17, 15) is 39.0 Å². The number of carboxylic acid groups (broad SMARTS) is 2. The topological polar surface area (TPSA) is 164 Å². The van der Waals surface area contributed by atoms with Crippen molar-refractivity contribution in [3.05, 3.63) is 57.9 Å². The van der Waals surface area contributed by atoms with Crippen LogP contribution < -0.4 is 0 Å². The van der Waals surface area contributed by atoms with Crippen molar-refractivity contribution in [2.45, 2.75) is 206 Å². The predicted octanol–water partition coefficient (Wildman–Crippen LogP) is 13.1. The zero-order valence-corrected chi connectivity index (χ0v) is 47.3. The highest BCUT2D eigenvalue weighted by molar-refractivity contribution is 6.03. The number of epoxide rings is 1. The smallest absolute Gasteiger partial charge is 0.424 e. The molecule has 7 saturated carbocycles. The van der Waals surface area contributed by atoms with E-state index >= 15 is 0 Å². The molecule has 402 valence electrons. The van der Waals surface area contributed by atoms with Gasteiger partial charge in [0, 0.05) is 34.9 Å². The first-order valence-electron chi connectivity index (χ1n) is 28.7. The van der Waals surface area contributed by atoms with E-state index in [1.807, 2.05) is 45.9 Å². The molecule has 11 nitrogen and oxygen atoms in total. The lowest BCUT2D eigenvalue weighted by molar-refractivity contribution is -0.191. The molecule has 0 bridgehead atoms. The Morgan fingerprint density at radius 1 is 0.622 bits per heavy atom. The molecule has 10 aliphatic carbocycles. The molecule has 11 heteroatoms. The number of ketones is 4. The molecule has 16 atom stereocenters.